The zero-order valence-corrected chi connectivity index (χ0v) is 15.2. The first-order valence-electron chi connectivity index (χ1n) is 8.96. The SMILES string of the molecule is [B]c1ccc(C2(CCc3nc4cc(Cl)c(F)cc4[nH]3)CCNCC2)cc1. The van der Waals surface area contributed by atoms with Gasteiger partial charge in [-0.3, -0.25) is 0 Å². The Hall–Kier alpha value is -1.85. The lowest BCUT2D eigenvalue weighted by Crippen LogP contribution is -2.40. The molecule has 0 amide bonds. The van der Waals surface area contributed by atoms with Crippen LogP contribution in [0.3, 0.4) is 0 Å². The maximum Gasteiger partial charge on any atom is 0.144 e. The fraction of sp³-hybridized carbons (Fsp3) is 0.350. The summed E-state index contributed by atoms with van der Waals surface area (Å²) in [5.74, 6) is 0.445. The molecule has 4 rings (SSSR count). The van der Waals surface area contributed by atoms with Crippen molar-refractivity contribution in [3.05, 3.63) is 58.6 Å². The third kappa shape index (κ3) is 3.38. The van der Waals surface area contributed by atoms with Gasteiger partial charge in [-0.25, -0.2) is 9.37 Å². The molecule has 1 aromatic heterocycles. The lowest BCUT2D eigenvalue weighted by atomic mass is 9.69. The molecule has 0 saturated carbocycles. The minimum Gasteiger partial charge on any atom is -0.342 e. The summed E-state index contributed by atoms with van der Waals surface area (Å²) < 4.78 is 13.7. The molecular formula is C20H20BClFN3. The van der Waals surface area contributed by atoms with Crippen LogP contribution in [0.5, 0.6) is 0 Å². The standard InChI is InChI=1S/C20H20BClFN3/c21-14-3-1-13(2-4-14)20(7-9-24-10-8-20)6-5-19-25-17-11-15(22)16(23)12-18(17)26-19/h1-4,11-12,24H,5-10H2,(H,25,26). The molecule has 2 heterocycles. The second-order valence-corrected chi connectivity index (χ2v) is 7.53. The van der Waals surface area contributed by atoms with Gasteiger partial charge in [0.25, 0.3) is 0 Å². The van der Waals surface area contributed by atoms with Crippen LogP contribution in [0.25, 0.3) is 11.0 Å². The highest BCUT2D eigenvalue weighted by Gasteiger charge is 2.33. The van der Waals surface area contributed by atoms with Crippen LogP contribution in [0, 0.1) is 5.82 Å². The number of hydrogen-bond acceptors (Lipinski definition) is 2. The number of aromatic amines is 1. The third-order valence-electron chi connectivity index (χ3n) is 5.50. The molecule has 1 aliphatic heterocycles. The van der Waals surface area contributed by atoms with E-state index in [1.807, 2.05) is 12.1 Å². The summed E-state index contributed by atoms with van der Waals surface area (Å²) >= 11 is 5.86. The normalized spacial score (nSPS) is 16.8. The summed E-state index contributed by atoms with van der Waals surface area (Å²) in [7, 11) is 5.86. The van der Waals surface area contributed by atoms with Crippen molar-refractivity contribution in [3.8, 4) is 0 Å². The molecule has 2 radical (unpaired) electrons. The second-order valence-electron chi connectivity index (χ2n) is 7.12. The Kier molecular flexibility index (Phi) is 4.76. The van der Waals surface area contributed by atoms with E-state index < -0.39 is 5.82 Å². The van der Waals surface area contributed by atoms with Crippen molar-refractivity contribution in [3.63, 3.8) is 0 Å². The summed E-state index contributed by atoms with van der Waals surface area (Å²) in [5.41, 5.74) is 3.63. The summed E-state index contributed by atoms with van der Waals surface area (Å²) in [6, 6.07) is 11.2. The van der Waals surface area contributed by atoms with Crippen molar-refractivity contribution in [2.24, 2.45) is 0 Å². The van der Waals surface area contributed by atoms with Gasteiger partial charge in [-0.2, -0.15) is 0 Å². The Morgan fingerprint density at radius 3 is 2.62 bits per heavy atom. The van der Waals surface area contributed by atoms with Crippen molar-refractivity contribution in [1.29, 1.82) is 0 Å². The molecule has 0 spiro atoms. The smallest absolute Gasteiger partial charge is 0.144 e. The van der Waals surface area contributed by atoms with E-state index in [0.29, 0.717) is 11.0 Å². The van der Waals surface area contributed by atoms with E-state index in [1.54, 1.807) is 6.07 Å². The fourth-order valence-electron chi connectivity index (χ4n) is 3.96. The number of nitrogens with one attached hydrogen (secondary N) is 2. The quantitative estimate of drug-likeness (QED) is 0.694. The summed E-state index contributed by atoms with van der Waals surface area (Å²) in [5, 5.41) is 3.55. The highest BCUT2D eigenvalue weighted by atomic mass is 35.5. The highest BCUT2D eigenvalue weighted by Crippen LogP contribution is 2.37. The Balaban J connectivity index is 1.59. The zero-order valence-electron chi connectivity index (χ0n) is 14.5. The monoisotopic (exact) mass is 367 g/mol. The van der Waals surface area contributed by atoms with Gasteiger partial charge in [0, 0.05) is 12.5 Å². The van der Waals surface area contributed by atoms with E-state index in [4.69, 9.17) is 19.4 Å². The maximum atomic E-state index is 13.7. The molecule has 3 nitrogen and oxygen atoms in total. The Labute approximate surface area is 158 Å². The second kappa shape index (κ2) is 7.05. The fourth-order valence-corrected chi connectivity index (χ4v) is 4.12. The van der Waals surface area contributed by atoms with E-state index in [1.165, 1.54) is 11.6 Å². The number of rotatable bonds is 4. The molecule has 1 aliphatic rings. The van der Waals surface area contributed by atoms with Crippen LogP contribution < -0.4 is 10.8 Å². The average Bonchev–Trinajstić information content (AvgIpc) is 3.03. The van der Waals surface area contributed by atoms with Crippen LogP contribution in [-0.4, -0.2) is 30.9 Å². The number of nitrogens with zero attached hydrogens (tertiary/aromatic N) is 1. The number of piperidine rings is 1. The van der Waals surface area contributed by atoms with Crippen molar-refractivity contribution in [2.45, 2.75) is 31.1 Å². The van der Waals surface area contributed by atoms with E-state index in [9.17, 15) is 4.39 Å². The van der Waals surface area contributed by atoms with Crippen molar-refractivity contribution < 1.29 is 4.39 Å². The Bertz CT molecular complexity index is 878. The predicted octanol–water partition coefficient (Wildman–Crippen LogP) is 3.40. The van der Waals surface area contributed by atoms with Gasteiger partial charge in [0.05, 0.1) is 16.1 Å². The topological polar surface area (TPSA) is 40.7 Å². The molecule has 0 aliphatic carbocycles. The number of halogens is 2. The van der Waals surface area contributed by atoms with Gasteiger partial charge in [0.2, 0.25) is 0 Å². The molecule has 3 aromatic rings. The van der Waals surface area contributed by atoms with Crippen LogP contribution >= 0.6 is 11.6 Å². The van der Waals surface area contributed by atoms with Gasteiger partial charge in [-0.1, -0.05) is 41.3 Å². The first-order chi connectivity index (χ1) is 12.6. The molecule has 132 valence electrons. The lowest BCUT2D eigenvalue weighted by Gasteiger charge is -2.38. The molecule has 1 fully saturated rings. The molecule has 0 bridgehead atoms. The number of imidazole rings is 1. The van der Waals surface area contributed by atoms with Crippen LogP contribution in [-0.2, 0) is 11.8 Å². The Morgan fingerprint density at radius 1 is 1.15 bits per heavy atom. The predicted molar refractivity (Wildman–Crippen MR) is 105 cm³/mol. The molecule has 2 aromatic carbocycles. The number of benzene rings is 2. The van der Waals surface area contributed by atoms with Gasteiger partial charge < -0.3 is 10.3 Å². The third-order valence-corrected chi connectivity index (χ3v) is 5.79. The molecule has 1 saturated heterocycles. The van der Waals surface area contributed by atoms with Crippen LogP contribution in [0.15, 0.2) is 36.4 Å². The summed E-state index contributed by atoms with van der Waals surface area (Å²) in [4.78, 5) is 7.83. The number of H-pyrrole nitrogens is 1. The van der Waals surface area contributed by atoms with Crippen molar-refractivity contribution >= 4 is 35.9 Å². The molecule has 0 unspecified atom stereocenters. The maximum absolute atomic E-state index is 13.7. The van der Waals surface area contributed by atoms with Gasteiger partial charge in [-0.05, 0) is 49.4 Å². The molecular weight excluding hydrogens is 348 g/mol. The lowest BCUT2D eigenvalue weighted by molar-refractivity contribution is 0.286. The molecule has 6 heteroatoms. The minimum absolute atomic E-state index is 0.104. The minimum atomic E-state index is -0.425. The van der Waals surface area contributed by atoms with E-state index in [-0.39, 0.29) is 10.4 Å². The number of hydrogen-bond donors (Lipinski definition) is 2. The van der Waals surface area contributed by atoms with Crippen LogP contribution in [0.4, 0.5) is 4.39 Å². The number of fused-ring (bicyclic) bond motifs is 1. The zero-order chi connectivity index (χ0) is 18.1. The number of aromatic nitrogens is 2. The van der Waals surface area contributed by atoms with Gasteiger partial charge >= 0.3 is 0 Å². The first-order valence-corrected chi connectivity index (χ1v) is 9.34. The van der Waals surface area contributed by atoms with Crippen LogP contribution in [0.2, 0.25) is 5.02 Å². The average molecular weight is 368 g/mol. The van der Waals surface area contributed by atoms with Gasteiger partial charge in [0.15, 0.2) is 0 Å². The largest absolute Gasteiger partial charge is 0.342 e. The molecule has 0 atom stereocenters. The molecule has 26 heavy (non-hydrogen) atoms. The summed E-state index contributed by atoms with van der Waals surface area (Å²) in [6.45, 7) is 2.01. The number of aryl methyl sites for hydroxylation is 1. The van der Waals surface area contributed by atoms with Gasteiger partial charge in [0.1, 0.15) is 19.5 Å². The van der Waals surface area contributed by atoms with E-state index in [2.05, 4.69) is 27.4 Å². The van der Waals surface area contributed by atoms with E-state index >= 15 is 0 Å². The van der Waals surface area contributed by atoms with Crippen molar-refractivity contribution in [2.75, 3.05) is 13.1 Å². The Morgan fingerprint density at radius 2 is 1.88 bits per heavy atom. The van der Waals surface area contributed by atoms with Crippen molar-refractivity contribution in [1.82, 2.24) is 15.3 Å². The highest BCUT2D eigenvalue weighted by molar-refractivity contribution is 6.32. The molecule has 2 N–H and O–H groups in total. The summed E-state index contributed by atoms with van der Waals surface area (Å²) in [6.07, 6.45) is 3.95. The first kappa shape index (κ1) is 17.6. The van der Waals surface area contributed by atoms with Crippen LogP contribution in [0.1, 0.15) is 30.7 Å². The van der Waals surface area contributed by atoms with E-state index in [0.717, 1.165) is 50.1 Å². The van der Waals surface area contributed by atoms with Gasteiger partial charge in [-0.15, -0.1) is 0 Å².